The highest BCUT2D eigenvalue weighted by atomic mass is 127. The molecule has 0 bridgehead atoms. The van der Waals surface area contributed by atoms with E-state index in [9.17, 15) is 0 Å². The van der Waals surface area contributed by atoms with Gasteiger partial charge >= 0.3 is 0 Å². The summed E-state index contributed by atoms with van der Waals surface area (Å²) in [4.78, 5) is 4.60. The second-order valence-electron chi connectivity index (χ2n) is 5.68. The third-order valence-electron chi connectivity index (χ3n) is 3.65. The fraction of sp³-hybridized carbons (Fsp3) is 0.444. The Morgan fingerprint density at radius 1 is 1.35 bits per heavy atom. The first-order valence-corrected chi connectivity index (χ1v) is 8.83. The molecule has 0 radical (unpaired) electrons. The van der Waals surface area contributed by atoms with Gasteiger partial charge in [-0.25, -0.2) is 0 Å². The molecule has 0 atom stereocenters. The summed E-state index contributed by atoms with van der Waals surface area (Å²) >= 11 is 6.27. The van der Waals surface area contributed by atoms with Crippen LogP contribution in [0.2, 0.25) is 5.02 Å². The number of guanidine groups is 1. The van der Waals surface area contributed by atoms with Crippen LogP contribution in [-0.4, -0.2) is 42.5 Å². The van der Waals surface area contributed by atoms with Crippen molar-refractivity contribution in [2.75, 3.05) is 26.7 Å². The van der Waals surface area contributed by atoms with Crippen molar-refractivity contribution in [3.05, 3.63) is 46.7 Å². The second-order valence-corrected chi connectivity index (χ2v) is 6.08. The highest BCUT2D eigenvalue weighted by Gasteiger charge is 2.03. The SMILES string of the molecule is CCNC(=NCCc1ccc(OC)cc1Cl)NCCn1cc(C)cn1.I. The standard InChI is InChI=1S/C18H26ClN5O.HI/c1-4-20-18(22-9-10-24-13-14(2)12-23-24)21-8-7-15-5-6-16(25-3)11-17(15)19;/h5-6,11-13H,4,7-10H2,1-3H3,(H2,20,21,22);1H. The molecule has 0 saturated carbocycles. The van der Waals surface area contributed by atoms with Crippen molar-refractivity contribution in [2.45, 2.75) is 26.8 Å². The highest BCUT2D eigenvalue weighted by Crippen LogP contribution is 2.22. The molecule has 1 heterocycles. The molecule has 0 aliphatic heterocycles. The molecular weight excluding hydrogens is 465 g/mol. The summed E-state index contributed by atoms with van der Waals surface area (Å²) in [7, 11) is 1.63. The third kappa shape index (κ3) is 7.41. The topological polar surface area (TPSA) is 63.5 Å². The first-order valence-electron chi connectivity index (χ1n) is 8.46. The minimum atomic E-state index is 0. The van der Waals surface area contributed by atoms with Gasteiger partial charge in [0, 0.05) is 30.9 Å². The van der Waals surface area contributed by atoms with Gasteiger partial charge in [0.1, 0.15) is 5.75 Å². The molecule has 2 aromatic rings. The number of halogens is 2. The Balaban J connectivity index is 0.00000338. The van der Waals surface area contributed by atoms with Gasteiger partial charge in [-0.05, 0) is 43.5 Å². The van der Waals surface area contributed by atoms with Gasteiger partial charge in [0.25, 0.3) is 0 Å². The lowest BCUT2D eigenvalue weighted by atomic mass is 10.1. The average molecular weight is 492 g/mol. The van der Waals surface area contributed by atoms with Gasteiger partial charge < -0.3 is 15.4 Å². The van der Waals surface area contributed by atoms with Crippen molar-refractivity contribution in [2.24, 2.45) is 4.99 Å². The summed E-state index contributed by atoms with van der Waals surface area (Å²) in [6, 6.07) is 5.73. The molecule has 0 unspecified atom stereocenters. The zero-order chi connectivity index (χ0) is 18.1. The molecule has 8 heteroatoms. The van der Waals surface area contributed by atoms with Crippen LogP contribution in [0.5, 0.6) is 5.75 Å². The number of nitrogens with one attached hydrogen (secondary N) is 2. The Kier molecular flexibility index (Phi) is 10.4. The molecule has 0 amide bonds. The zero-order valence-corrected chi connectivity index (χ0v) is 18.5. The van der Waals surface area contributed by atoms with Crippen LogP contribution in [0.1, 0.15) is 18.1 Å². The summed E-state index contributed by atoms with van der Waals surface area (Å²) < 4.78 is 7.09. The molecule has 2 N–H and O–H groups in total. The lowest BCUT2D eigenvalue weighted by molar-refractivity contribution is 0.414. The van der Waals surface area contributed by atoms with Gasteiger partial charge in [-0.3, -0.25) is 9.67 Å². The molecule has 6 nitrogen and oxygen atoms in total. The summed E-state index contributed by atoms with van der Waals surface area (Å²) in [5.74, 6) is 1.57. The Bertz CT molecular complexity index is 705. The smallest absolute Gasteiger partial charge is 0.191 e. The molecule has 2 rings (SSSR count). The maximum atomic E-state index is 6.27. The van der Waals surface area contributed by atoms with Crippen molar-refractivity contribution >= 4 is 41.5 Å². The third-order valence-corrected chi connectivity index (χ3v) is 4.00. The second kappa shape index (κ2) is 12.0. The van der Waals surface area contributed by atoms with Crippen LogP contribution in [0.25, 0.3) is 0 Å². The van der Waals surface area contributed by atoms with Gasteiger partial charge in [-0.15, -0.1) is 24.0 Å². The van der Waals surface area contributed by atoms with Crippen LogP contribution < -0.4 is 15.4 Å². The summed E-state index contributed by atoms with van der Waals surface area (Å²) in [5.41, 5.74) is 2.23. The van der Waals surface area contributed by atoms with E-state index in [1.165, 1.54) is 0 Å². The molecule has 144 valence electrons. The number of benzene rings is 1. The number of methoxy groups -OCH3 is 1. The lowest BCUT2D eigenvalue weighted by Crippen LogP contribution is -2.39. The van der Waals surface area contributed by atoms with E-state index >= 15 is 0 Å². The lowest BCUT2D eigenvalue weighted by Gasteiger charge is -2.11. The minimum absolute atomic E-state index is 0. The van der Waals surface area contributed by atoms with E-state index in [2.05, 4.69) is 27.6 Å². The van der Waals surface area contributed by atoms with Gasteiger partial charge in [-0.2, -0.15) is 5.10 Å². The van der Waals surface area contributed by atoms with Crippen LogP contribution in [0.3, 0.4) is 0 Å². The van der Waals surface area contributed by atoms with Crippen molar-refractivity contribution in [3.63, 3.8) is 0 Å². The van der Waals surface area contributed by atoms with Gasteiger partial charge in [0.2, 0.25) is 0 Å². The first kappa shape index (κ1) is 22.6. The van der Waals surface area contributed by atoms with Crippen LogP contribution in [0.15, 0.2) is 35.6 Å². The quantitative estimate of drug-likeness (QED) is 0.338. The number of nitrogens with zero attached hydrogens (tertiary/aromatic N) is 3. The van der Waals surface area contributed by atoms with Gasteiger partial charge in [-0.1, -0.05) is 17.7 Å². The Morgan fingerprint density at radius 2 is 2.15 bits per heavy atom. The van der Waals surface area contributed by atoms with Gasteiger partial charge in [0.05, 0.1) is 19.9 Å². The van der Waals surface area contributed by atoms with Crippen LogP contribution >= 0.6 is 35.6 Å². The van der Waals surface area contributed by atoms with E-state index in [-0.39, 0.29) is 24.0 Å². The zero-order valence-electron chi connectivity index (χ0n) is 15.5. The predicted molar refractivity (Wildman–Crippen MR) is 118 cm³/mol. The fourth-order valence-corrected chi connectivity index (χ4v) is 2.63. The molecule has 0 saturated heterocycles. The number of aryl methyl sites for hydroxylation is 1. The highest BCUT2D eigenvalue weighted by molar-refractivity contribution is 14.0. The molecule has 0 aliphatic rings. The number of hydrogen-bond donors (Lipinski definition) is 2. The van der Waals surface area contributed by atoms with Crippen molar-refractivity contribution in [3.8, 4) is 5.75 Å². The van der Waals surface area contributed by atoms with Crippen LogP contribution in [-0.2, 0) is 13.0 Å². The number of hydrogen-bond acceptors (Lipinski definition) is 3. The number of aromatic nitrogens is 2. The molecule has 0 aliphatic carbocycles. The van der Waals surface area contributed by atoms with Crippen molar-refractivity contribution < 1.29 is 4.74 Å². The largest absolute Gasteiger partial charge is 0.497 e. The van der Waals surface area contributed by atoms with E-state index in [1.54, 1.807) is 7.11 Å². The normalized spacial score (nSPS) is 11.0. The van der Waals surface area contributed by atoms with E-state index in [4.69, 9.17) is 16.3 Å². The van der Waals surface area contributed by atoms with E-state index < -0.39 is 0 Å². The van der Waals surface area contributed by atoms with Crippen LogP contribution in [0.4, 0.5) is 0 Å². The summed E-state index contributed by atoms with van der Waals surface area (Å²) in [6.45, 7) is 7.11. The predicted octanol–water partition coefficient (Wildman–Crippen LogP) is 3.27. The fourth-order valence-electron chi connectivity index (χ4n) is 2.37. The number of ether oxygens (including phenoxy) is 1. The number of aliphatic imine (C=N–C) groups is 1. The maximum absolute atomic E-state index is 6.27. The average Bonchev–Trinajstić information content (AvgIpc) is 3.01. The summed E-state index contributed by atoms with van der Waals surface area (Å²) in [5, 5.41) is 11.6. The molecule has 1 aromatic carbocycles. The van der Waals surface area contributed by atoms with Crippen molar-refractivity contribution in [1.29, 1.82) is 0 Å². The van der Waals surface area contributed by atoms with E-state index in [0.29, 0.717) is 11.6 Å². The Hall–Kier alpha value is -1.48. The Morgan fingerprint density at radius 3 is 2.77 bits per heavy atom. The molecule has 0 fully saturated rings. The molecule has 1 aromatic heterocycles. The van der Waals surface area contributed by atoms with E-state index in [0.717, 1.165) is 48.9 Å². The maximum Gasteiger partial charge on any atom is 0.191 e. The Labute approximate surface area is 177 Å². The van der Waals surface area contributed by atoms with Crippen molar-refractivity contribution in [1.82, 2.24) is 20.4 Å². The van der Waals surface area contributed by atoms with Gasteiger partial charge in [0.15, 0.2) is 5.96 Å². The molecular formula is C18H27ClIN5O. The molecule has 0 spiro atoms. The first-order chi connectivity index (χ1) is 12.1. The minimum Gasteiger partial charge on any atom is -0.497 e. The monoisotopic (exact) mass is 491 g/mol. The van der Waals surface area contributed by atoms with Crippen LogP contribution in [0, 0.1) is 6.92 Å². The van der Waals surface area contributed by atoms with E-state index in [1.807, 2.05) is 42.2 Å². The molecule has 26 heavy (non-hydrogen) atoms. The summed E-state index contributed by atoms with van der Waals surface area (Å²) in [6.07, 6.45) is 4.66. The number of rotatable bonds is 8.